The summed E-state index contributed by atoms with van der Waals surface area (Å²) in [5, 5.41) is 10.7. The molecule has 0 amide bonds. The lowest BCUT2D eigenvalue weighted by molar-refractivity contribution is -0.384. The molecule has 0 aromatic heterocycles. The normalized spacial score (nSPS) is 14.1. The first kappa shape index (κ1) is 20.1. The van der Waals surface area contributed by atoms with Gasteiger partial charge in [-0.2, -0.15) is 0 Å². The molecular formula is C21H17NO4S2. The van der Waals surface area contributed by atoms with Gasteiger partial charge in [0.15, 0.2) is 11.6 Å². The van der Waals surface area contributed by atoms with E-state index in [2.05, 4.69) is 0 Å². The number of nitrogens with zero attached hydrogens (tertiary/aromatic N) is 1. The third-order valence-electron chi connectivity index (χ3n) is 4.00. The molecular weight excluding hydrogens is 394 g/mol. The van der Waals surface area contributed by atoms with E-state index in [9.17, 15) is 19.7 Å². The molecule has 5 nitrogen and oxygen atoms in total. The number of nitro benzene ring substituents is 1. The molecule has 0 atom stereocenters. The molecule has 2 aromatic rings. The van der Waals surface area contributed by atoms with Gasteiger partial charge < -0.3 is 0 Å². The average molecular weight is 412 g/mol. The first-order valence-corrected chi connectivity index (χ1v) is 10.6. The number of benzene rings is 2. The van der Waals surface area contributed by atoms with E-state index in [0.717, 1.165) is 22.2 Å². The van der Waals surface area contributed by atoms with E-state index in [4.69, 9.17) is 0 Å². The lowest BCUT2D eigenvalue weighted by Crippen LogP contribution is -2.14. The van der Waals surface area contributed by atoms with Crippen molar-refractivity contribution < 1.29 is 14.5 Å². The Hall–Kier alpha value is -2.64. The van der Waals surface area contributed by atoms with E-state index < -0.39 is 4.92 Å². The lowest BCUT2D eigenvalue weighted by Gasteiger charge is -2.16. The Bertz CT molecular complexity index is 942. The minimum absolute atomic E-state index is 0.0134. The van der Waals surface area contributed by atoms with Gasteiger partial charge in [0.2, 0.25) is 0 Å². The summed E-state index contributed by atoms with van der Waals surface area (Å²) in [6.45, 7) is 0. The quantitative estimate of drug-likeness (QED) is 0.164. The van der Waals surface area contributed by atoms with Gasteiger partial charge in [-0.15, -0.1) is 23.5 Å². The van der Waals surface area contributed by atoms with Crippen LogP contribution in [0.3, 0.4) is 0 Å². The number of hydrogen-bond donors (Lipinski definition) is 0. The molecule has 0 radical (unpaired) electrons. The molecule has 2 aromatic carbocycles. The minimum atomic E-state index is -0.475. The molecule has 142 valence electrons. The maximum atomic E-state index is 13.0. The zero-order valence-corrected chi connectivity index (χ0v) is 16.5. The van der Waals surface area contributed by atoms with Crippen molar-refractivity contribution in [1.29, 1.82) is 0 Å². The van der Waals surface area contributed by atoms with Gasteiger partial charge in [-0.25, -0.2) is 0 Å². The zero-order chi connectivity index (χ0) is 19.9. The summed E-state index contributed by atoms with van der Waals surface area (Å²) >= 11 is 3.08. The van der Waals surface area contributed by atoms with Crippen molar-refractivity contribution in [2.45, 2.75) is 6.42 Å². The maximum absolute atomic E-state index is 13.0. The Labute approximate surface area is 171 Å². The molecule has 28 heavy (non-hydrogen) atoms. The molecule has 7 heteroatoms. The van der Waals surface area contributed by atoms with Gasteiger partial charge in [-0.05, 0) is 41.7 Å². The predicted octanol–water partition coefficient (Wildman–Crippen LogP) is 5.14. The first-order chi connectivity index (χ1) is 13.6. The zero-order valence-electron chi connectivity index (χ0n) is 14.9. The van der Waals surface area contributed by atoms with Gasteiger partial charge in [0.1, 0.15) is 0 Å². The van der Waals surface area contributed by atoms with Crippen molar-refractivity contribution in [1.82, 2.24) is 0 Å². The fraction of sp³-hybridized carbons (Fsp3) is 0.143. The van der Waals surface area contributed by atoms with Crippen LogP contribution in [0.5, 0.6) is 0 Å². The van der Waals surface area contributed by atoms with Crippen LogP contribution >= 0.6 is 23.5 Å². The summed E-state index contributed by atoms with van der Waals surface area (Å²) in [7, 11) is 0. The SMILES string of the molecule is O=C(/C=C/c1ccc([N+](=O)[O-])cc1)C(C(=O)c1ccccc1)=C1SCCCS1. The number of carbonyl (C=O) groups is 2. The monoisotopic (exact) mass is 411 g/mol. The Morgan fingerprint density at radius 2 is 1.61 bits per heavy atom. The lowest BCUT2D eigenvalue weighted by atomic mass is 10.0. The van der Waals surface area contributed by atoms with Crippen molar-refractivity contribution in [3.8, 4) is 0 Å². The highest BCUT2D eigenvalue weighted by Crippen LogP contribution is 2.38. The molecule has 1 aliphatic heterocycles. The molecule has 0 aliphatic carbocycles. The van der Waals surface area contributed by atoms with E-state index in [1.54, 1.807) is 66.0 Å². The van der Waals surface area contributed by atoms with Crippen LogP contribution in [0.15, 0.2) is 70.5 Å². The Morgan fingerprint density at radius 1 is 0.964 bits per heavy atom. The number of nitro groups is 1. The molecule has 0 saturated carbocycles. The van der Waals surface area contributed by atoms with Crippen LogP contribution in [-0.4, -0.2) is 28.0 Å². The standard InChI is InChI=1S/C21H17NO4S2/c23-18(12-9-15-7-10-17(11-8-15)22(25)26)19(21-27-13-4-14-28-21)20(24)16-5-2-1-3-6-16/h1-3,5-12H,4,13-14H2/b12-9+. The number of ketones is 2. The van der Waals surface area contributed by atoms with Gasteiger partial charge >= 0.3 is 0 Å². The summed E-state index contributed by atoms with van der Waals surface area (Å²) in [5.74, 6) is 1.13. The summed E-state index contributed by atoms with van der Waals surface area (Å²) in [6.07, 6.45) is 3.97. The highest BCUT2D eigenvalue weighted by Gasteiger charge is 2.24. The van der Waals surface area contributed by atoms with Gasteiger partial charge in [0, 0.05) is 17.7 Å². The number of non-ortho nitro benzene ring substituents is 1. The Balaban J connectivity index is 1.88. The molecule has 3 rings (SSSR count). The van der Waals surface area contributed by atoms with Crippen LogP contribution in [0.2, 0.25) is 0 Å². The van der Waals surface area contributed by atoms with Crippen LogP contribution in [0.25, 0.3) is 6.08 Å². The molecule has 1 heterocycles. The molecule has 0 N–H and O–H groups in total. The van der Waals surface area contributed by atoms with Crippen molar-refractivity contribution in [2.24, 2.45) is 0 Å². The van der Waals surface area contributed by atoms with Gasteiger partial charge in [0.05, 0.1) is 14.7 Å². The minimum Gasteiger partial charge on any atom is -0.289 e. The Morgan fingerprint density at radius 3 is 2.21 bits per heavy atom. The van der Waals surface area contributed by atoms with Crippen molar-refractivity contribution in [3.63, 3.8) is 0 Å². The molecule has 0 spiro atoms. The van der Waals surface area contributed by atoms with Crippen molar-refractivity contribution >= 4 is 46.9 Å². The summed E-state index contributed by atoms with van der Waals surface area (Å²) in [4.78, 5) is 36.2. The van der Waals surface area contributed by atoms with Crippen LogP contribution < -0.4 is 0 Å². The Kier molecular flexibility index (Phi) is 6.84. The van der Waals surface area contributed by atoms with Gasteiger partial charge in [0.25, 0.3) is 5.69 Å². The smallest absolute Gasteiger partial charge is 0.269 e. The van der Waals surface area contributed by atoms with Crippen LogP contribution in [0, 0.1) is 10.1 Å². The van der Waals surface area contributed by atoms with Gasteiger partial charge in [-0.3, -0.25) is 19.7 Å². The highest BCUT2D eigenvalue weighted by molar-refractivity contribution is 8.22. The van der Waals surface area contributed by atoms with Crippen LogP contribution in [0.1, 0.15) is 22.3 Å². The molecule has 0 bridgehead atoms. The second-order valence-corrected chi connectivity index (χ2v) is 8.42. The number of Topliss-reactive ketones (excluding diaryl/α,β-unsaturated/α-hetero) is 1. The predicted molar refractivity (Wildman–Crippen MR) is 114 cm³/mol. The molecule has 1 saturated heterocycles. The summed E-state index contributed by atoms with van der Waals surface area (Å²) in [6, 6.07) is 14.7. The van der Waals surface area contributed by atoms with E-state index in [-0.39, 0.29) is 22.8 Å². The second kappa shape index (κ2) is 9.52. The highest BCUT2D eigenvalue weighted by atomic mass is 32.2. The van der Waals surface area contributed by atoms with Crippen LogP contribution in [-0.2, 0) is 4.79 Å². The van der Waals surface area contributed by atoms with Crippen molar-refractivity contribution in [3.05, 3.63) is 91.7 Å². The number of thioether (sulfide) groups is 2. The first-order valence-electron chi connectivity index (χ1n) is 8.63. The largest absolute Gasteiger partial charge is 0.289 e. The number of allylic oxidation sites excluding steroid dienone is 2. The van der Waals surface area contributed by atoms with Crippen LogP contribution in [0.4, 0.5) is 5.69 Å². The van der Waals surface area contributed by atoms with E-state index >= 15 is 0 Å². The topological polar surface area (TPSA) is 77.3 Å². The van der Waals surface area contributed by atoms with E-state index in [1.165, 1.54) is 18.2 Å². The third-order valence-corrected chi connectivity index (χ3v) is 6.62. The summed E-state index contributed by atoms with van der Waals surface area (Å²) < 4.78 is 0.762. The number of carbonyl (C=O) groups excluding carboxylic acids is 2. The van der Waals surface area contributed by atoms with Gasteiger partial charge in [-0.1, -0.05) is 36.4 Å². The molecule has 0 unspecified atom stereocenters. The fourth-order valence-electron chi connectivity index (χ4n) is 2.58. The second-order valence-electron chi connectivity index (χ2n) is 5.95. The van der Waals surface area contributed by atoms with E-state index in [0.29, 0.717) is 11.1 Å². The van der Waals surface area contributed by atoms with E-state index in [1.807, 2.05) is 6.07 Å². The maximum Gasteiger partial charge on any atom is 0.269 e. The molecule has 1 fully saturated rings. The van der Waals surface area contributed by atoms with Crippen molar-refractivity contribution in [2.75, 3.05) is 11.5 Å². The molecule has 1 aliphatic rings. The number of rotatable bonds is 6. The summed E-state index contributed by atoms with van der Waals surface area (Å²) in [5.41, 5.74) is 1.31. The number of hydrogen-bond acceptors (Lipinski definition) is 6. The third kappa shape index (κ3) is 4.99. The average Bonchev–Trinajstić information content (AvgIpc) is 2.74. The fourth-order valence-corrected chi connectivity index (χ4v) is 5.22.